The third-order valence-electron chi connectivity index (χ3n) is 3.36. The van der Waals surface area contributed by atoms with Crippen LogP contribution in [0, 0.1) is 0 Å². The van der Waals surface area contributed by atoms with Gasteiger partial charge in [0.05, 0.1) is 0 Å². The summed E-state index contributed by atoms with van der Waals surface area (Å²) in [6, 6.07) is 7.99. The van der Waals surface area contributed by atoms with Crippen LogP contribution in [0.3, 0.4) is 0 Å². The van der Waals surface area contributed by atoms with Crippen LogP contribution in [-0.4, -0.2) is 37.1 Å². The molecule has 2 aromatic rings. The van der Waals surface area contributed by atoms with Crippen LogP contribution in [0.4, 0.5) is 4.79 Å². The first-order valence-corrected chi connectivity index (χ1v) is 6.47. The van der Waals surface area contributed by atoms with E-state index in [9.17, 15) is 4.79 Å². The molecule has 1 atom stereocenters. The van der Waals surface area contributed by atoms with Gasteiger partial charge in [-0.1, -0.05) is 6.07 Å². The van der Waals surface area contributed by atoms with Gasteiger partial charge in [-0.15, -0.1) is 0 Å². The Morgan fingerprint density at radius 2 is 2.15 bits per heavy atom. The van der Waals surface area contributed by atoms with E-state index in [4.69, 9.17) is 4.74 Å². The van der Waals surface area contributed by atoms with Crippen LogP contribution in [0.5, 0.6) is 5.75 Å². The van der Waals surface area contributed by atoms with Crippen LogP contribution in [0.2, 0.25) is 0 Å². The van der Waals surface area contributed by atoms with Crippen molar-refractivity contribution in [2.45, 2.75) is 13.0 Å². The van der Waals surface area contributed by atoms with Crippen molar-refractivity contribution in [2.75, 3.05) is 21.1 Å². The fourth-order valence-corrected chi connectivity index (χ4v) is 1.95. The van der Waals surface area contributed by atoms with Gasteiger partial charge in [-0.3, -0.25) is 4.98 Å². The number of nitrogens with one attached hydrogen (secondary N) is 1. The number of aromatic nitrogens is 1. The van der Waals surface area contributed by atoms with Crippen molar-refractivity contribution < 1.29 is 9.53 Å². The highest BCUT2D eigenvalue weighted by atomic mass is 16.6. The van der Waals surface area contributed by atoms with E-state index in [1.54, 1.807) is 6.20 Å². The Hall–Kier alpha value is -2.14. The molecule has 106 valence electrons. The van der Waals surface area contributed by atoms with E-state index in [-0.39, 0.29) is 6.04 Å². The zero-order valence-corrected chi connectivity index (χ0v) is 12.2. The van der Waals surface area contributed by atoms with Gasteiger partial charge in [-0.25, -0.2) is 4.79 Å². The van der Waals surface area contributed by atoms with Gasteiger partial charge in [0.25, 0.3) is 0 Å². The number of ether oxygens (including phenoxy) is 1. The molecule has 1 heterocycles. The third-order valence-corrected chi connectivity index (χ3v) is 3.36. The number of benzene rings is 1. The maximum atomic E-state index is 11.5. The highest BCUT2D eigenvalue weighted by molar-refractivity contribution is 5.87. The molecule has 20 heavy (non-hydrogen) atoms. The van der Waals surface area contributed by atoms with Crippen molar-refractivity contribution in [1.29, 1.82) is 0 Å². The monoisotopic (exact) mass is 273 g/mol. The molecule has 0 spiro atoms. The van der Waals surface area contributed by atoms with Crippen molar-refractivity contribution >= 4 is 17.0 Å². The summed E-state index contributed by atoms with van der Waals surface area (Å²) in [5, 5.41) is 3.41. The maximum Gasteiger partial charge on any atom is 0.412 e. The second-order valence-corrected chi connectivity index (χ2v) is 4.87. The standard InChI is InChI=1S/C15H19N3O2/c1-10(18(3)4)12-8-11-6-5-7-17-14(11)13(9-12)20-15(19)16-2/h5-10H,1-4H3,(H,16,19). The fourth-order valence-electron chi connectivity index (χ4n) is 1.95. The lowest BCUT2D eigenvalue weighted by Gasteiger charge is -2.21. The molecule has 1 aromatic heterocycles. The first kappa shape index (κ1) is 14.3. The summed E-state index contributed by atoms with van der Waals surface area (Å²) in [7, 11) is 5.55. The summed E-state index contributed by atoms with van der Waals surface area (Å²) >= 11 is 0. The summed E-state index contributed by atoms with van der Waals surface area (Å²) < 4.78 is 5.32. The minimum absolute atomic E-state index is 0.214. The van der Waals surface area contributed by atoms with E-state index in [0.717, 1.165) is 10.9 Å². The molecular formula is C15H19N3O2. The van der Waals surface area contributed by atoms with E-state index in [2.05, 4.69) is 28.2 Å². The average molecular weight is 273 g/mol. The van der Waals surface area contributed by atoms with Crippen molar-refractivity contribution in [1.82, 2.24) is 15.2 Å². The maximum absolute atomic E-state index is 11.5. The van der Waals surface area contributed by atoms with Crippen LogP contribution >= 0.6 is 0 Å². The molecule has 0 aliphatic rings. The van der Waals surface area contributed by atoms with E-state index < -0.39 is 6.09 Å². The predicted octanol–water partition coefficient (Wildman–Crippen LogP) is 2.58. The lowest BCUT2D eigenvalue weighted by Crippen LogP contribution is -2.22. The van der Waals surface area contributed by atoms with Crippen molar-refractivity contribution in [3.05, 3.63) is 36.0 Å². The molecule has 5 nitrogen and oxygen atoms in total. The molecule has 2 rings (SSSR count). The SMILES string of the molecule is CNC(=O)Oc1cc(C(C)N(C)C)cc2cccnc12. The Balaban J connectivity index is 2.54. The molecule has 0 aliphatic carbocycles. The predicted molar refractivity (Wildman–Crippen MR) is 78.9 cm³/mol. The van der Waals surface area contributed by atoms with Crippen LogP contribution < -0.4 is 10.1 Å². The number of hydrogen-bond donors (Lipinski definition) is 1. The number of carbonyl (C=O) groups excluding carboxylic acids is 1. The zero-order valence-electron chi connectivity index (χ0n) is 12.2. The van der Waals surface area contributed by atoms with Crippen LogP contribution in [0.15, 0.2) is 30.5 Å². The number of amides is 1. The summed E-state index contributed by atoms with van der Waals surface area (Å²) in [6.07, 6.45) is 1.19. The number of pyridine rings is 1. The van der Waals surface area contributed by atoms with E-state index in [1.807, 2.05) is 32.3 Å². The molecule has 0 radical (unpaired) electrons. The van der Waals surface area contributed by atoms with E-state index >= 15 is 0 Å². The van der Waals surface area contributed by atoms with Crippen molar-refractivity contribution in [3.8, 4) is 5.75 Å². The Kier molecular flexibility index (Phi) is 4.20. The van der Waals surface area contributed by atoms with E-state index in [0.29, 0.717) is 11.3 Å². The molecule has 0 fully saturated rings. The van der Waals surface area contributed by atoms with Crippen LogP contribution in [0.25, 0.3) is 10.9 Å². The molecule has 0 saturated carbocycles. The minimum atomic E-state index is -0.494. The number of hydrogen-bond acceptors (Lipinski definition) is 4. The average Bonchev–Trinajstić information content (AvgIpc) is 2.45. The van der Waals surface area contributed by atoms with Crippen LogP contribution in [0.1, 0.15) is 18.5 Å². The fraction of sp³-hybridized carbons (Fsp3) is 0.333. The Bertz CT molecular complexity index is 626. The largest absolute Gasteiger partial charge is 0.412 e. The molecule has 5 heteroatoms. The lowest BCUT2D eigenvalue weighted by molar-refractivity contribution is 0.203. The molecule has 1 aromatic carbocycles. The van der Waals surface area contributed by atoms with Gasteiger partial charge in [0.2, 0.25) is 0 Å². The number of nitrogens with zero attached hydrogens (tertiary/aromatic N) is 2. The highest BCUT2D eigenvalue weighted by Crippen LogP contribution is 2.30. The van der Waals surface area contributed by atoms with Gasteiger partial charge in [-0.2, -0.15) is 0 Å². The molecule has 1 N–H and O–H groups in total. The Labute approximate surface area is 118 Å². The highest BCUT2D eigenvalue weighted by Gasteiger charge is 2.14. The number of rotatable bonds is 3. The van der Waals surface area contributed by atoms with Gasteiger partial charge in [0, 0.05) is 24.7 Å². The molecule has 1 amide bonds. The van der Waals surface area contributed by atoms with Crippen molar-refractivity contribution in [2.24, 2.45) is 0 Å². The first-order chi connectivity index (χ1) is 9.52. The quantitative estimate of drug-likeness (QED) is 0.934. The third kappa shape index (κ3) is 2.88. The topological polar surface area (TPSA) is 54.5 Å². The zero-order chi connectivity index (χ0) is 14.7. The molecule has 0 saturated heterocycles. The van der Waals surface area contributed by atoms with Gasteiger partial charge < -0.3 is 15.0 Å². The second kappa shape index (κ2) is 5.88. The van der Waals surface area contributed by atoms with E-state index in [1.165, 1.54) is 7.05 Å². The van der Waals surface area contributed by atoms with Gasteiger partial charge in [0.1, 0.15) is 5.52 Å². The number of fused-ring (bicyclic) bond motifs is 1. The smallest absolute Gasteiger partial charge is 0.408 e. The Morgan fingerprint density at radius 3 is 2.80 bits per heavy atom. The normalized spacial score (nSPS) is 12.4. The second-order valence-electron chi connectivity index (χ2n) is 4.87. The van der Waals surface area contributed by atoms with Gasteiger partial charge in [0.15, 0.2) is 5.75 Å². The summed E-state index contributed by atoms with van der Waals surface area (Å²) in [4.78, 5) is 17.9. The van der Waals surface area contributed by atoms with Gasteiger partial charge >= 0.3 is 6.09 Å². The summed E-state index contributed by atoms with van der Waals surface area (Å²) in [6.45, 7) is 2.10. The molecule has 0 aliphatic heterocycles. The summed E-state index contributed by atoms with van der Waals surface area (Å²) in [5.41, 5.74) is 1.76. The van der Waals surface area contributed by atoms with Crippen LogP contribution in [-0.2, 0) is 0 Å². The summed E-state index contributed by atoms with van der Waals surface area (Å²) in [5.74, 6) is 0.478. The van der Waals surface area contributed by atoms with Gasteiger partial charge in [-0.05, 0) is 44.8 Å². The minimum Gasteiger partial charge on any atom is -0.408 e. The molecule has 0 bridgehead atoms. The lowest BCUT2D eigenvalue weighted by atomic mass is 10.0. The Morgan fingerprint density at radius 1 is 1.40 bits per heavy atom. The van der Waals surface area contributed by atoms with Crippen molar-refractivity contribution in [3.63, 3.8) is 0 Å². The number of carbonyl (C=O) groups is 1. The molecule has 1 unspecified atom stereocenters. The first-order valence-electron chi connectivity index (χ1n) is 6.47. The molecular weight excluding hydrogens is 254 g/mol.